The van der Waals surface area contributed by atoms with Gasteiger partial charge in [-0.3, -0.25) is 9.59 Å². The van der Waals surface area contributed by atoms with Crippen molar-refractivity contribution in [1.29, 1.82) is 0 Å². The van der Waals surface area contributed by atoms with Gasteiger partial charge in [-0.15, -0.1) is 0 Å². The molecule has 0 radical (unpaired) electrons. The van der Waals surface area contributed by atoms with Gasteiger partial charge < -0.3 is 14.6 Å². The van der Waals surface area contributed by atoms with Crippen LogP contribution in [0.3, 0.4) is 0 Å². The van der Waals surface area contributed by atoms with Crippen LogP contribution in [0.25, 0.3) is 0 Å². The van der Waals surface area contributed by atoms with Gasteiger partial charge in [0.05, 0.1) is 13.5 Å². The Kier molecular flexibility index (Phi) is 5.06. The number of benzene rings is 1. The standard InChI is InChI=1S/C19H23N3O4/c1-12(23)14-6-7-16(25-3)15(10-14)11-17(24)21-19(8-4-5-9-19)18-20-13(2)26-22-18/h6-7,10H,4-5,8-9,11H2,1-3H3,(H,21,24). The van der Waals surface area contributed by atoms with Crippen molar-refractivity contribution in [3.63, 3.8) is 0 Å². The zero-order valence-electron chi connectivity index (χ0n) is 15.3. The van der Waals surface area contributed by atoms with Crippen LogP contribution >= 0.6 is 0 Å². The number of nitrogens with one attached hydrogen (secondary N) is 1. The smallest absolute Gasteiger partial charge is 0.225 e. The molecule has 1 saturated carbocycles. The number of nitrogens with zero attached hydrogens (tertiary/aromatic N) is 2. The topological polar surface area (TPSA) is 94.3 Å². The Bertz CT molecular complexity index is 822. The van der Waals surface area contributed by atoms with E-state index in [4.69, 9.17) is 9.26 Å². The number of rotatable bonds is 6. The third-order valence-electron chi connectivity index (χ3n) is 4.83. The Balaban J connectivity index is 1.81. The molecule has 7 nitrogen and oxygen atoms in total. The highest BCUT2D eigenvalue weighted by Crippen LogP contribution is 2.37. The van der Waals surface area contributed by atoms with Crippen molar-refractivity contribution in [2.75, 3.05) is 7.11 Å². The molecule has 138 valence electrons. The highest BCUT2D eigenvalue weighted by molar-refractivity contribution is 5.94. The molecule has 1 amide bonds. The molecule has 1 aromatic carbocycles. The minimum atomic E-state index is -0.583. The second-order valence-electron chi connectivity index (χ2n) is 6.73. The summed E-state index contributed by atoms with van der Waals surface area (Å²) in [6.07, 6.45) is 3.67. The minimum absolute atomic E-state index is 0.0520. The number of methoxy groups -OCH3 is 1. The second-order valence-corrected chi connectivity index (χ2v) is 6.73. The lowest BCUT2D eigenvalue weighted by atomic mass is 9.95. The first-order valence-electron chi connectivity index (χ1n) is 8.73. The number of ether oxygens (including phenoxy) is 1. The van der Waals surface area contributed by atoms with E-state index >= 15 is 0 Å². The highest BCUT2D eigenvalue weighted by atomic mass is 16.5. The summed E-state index contributed by atoms with van der Waals surface area (Å²) in [5.74, 6) is 1.39. The van der Waals surface area contributed by atoms with E-state index in [2.05, 4.69) is 15.5 Å². The number of ketones is 1. The molecule has 0 bridgehead atoms. The van der Waals surface area contributed by atoms with Crippen LogP contribution < -0.4 is 10.1 Å². The maximum Gasteiger partial charge on any atom is 0.225 e. The number of Topliss-reactive ketones (excluding diaryl/α,β-unsaturated/α-hetero) is 1. The summed E-state index contributed by atoms with van der Waals surface area (Å²) >= 11 is 0. The lowest BCUT2D eigenvalue weighted by Crippen LogP contribution is -2.45. The largest absolute Gasteiger partial charge is 0.496 e. The summed E-state index contributed by atoms with van der Waals surface area (Å²) in [6, 6.07) is 5.12. The fourth-order valence-electron chi connectivity index (χ4n) is 3.50. The summed E-state index contributed by atoms with van der Waals surface area (Å²) in [5.41, 5.74) is 0.647. The van der Waals surface area contributed by atoms with Gasteiger partial charge in [0.15, 0.2) is 11.6 Å². The molecule has 0 spiro atoms. The van der Waals surface area contributed by atoms with Crippen molar-refractivity contribution in [2.45, 2.75) is 51.5 Å². The van der Waals surface area contributed by atoms with Crippen LogP contribution in [0, 0.1) is 6.92 Å². The first-order chi connectivity index (χ1) is 12.4. The molecule has 1 heterocycles. The quantitative estimate of drug-likeness (QED) is 0.799. The van der Waals surface area contributed by atoms with Crippen LogP contribution in [0.4, 0.5) is 0 Å². The summed E-state index contributed by atoms with van der Waals surface area (Å²) in [6.45, 7) is 3.23. The third kappa shape index (κ3) is 3.61. The molecule has 1 aliphatic carbocycles. The summed E-state index contributed by atoms with van der Waals surface area (Å²) in [5, 5.41) is 7.14. The van der Waals surface area contributed by atoms with Gasteiger partial charge in [0.25, 0.3) is 0 Å². The predicted octanol–water partition coefficient (Wildman–Crippen LogP) is 2.72. The average Bonchev–Trinajstić information content (AvgIpc) is 3.24. The van der Waals surface area contributed by atoms with Crippen molar-refractivity contribution >= 4 is 11.7 Å². The first kappa shape index (κ1) is 18.1. The average molecular weight is 357 g/mol. The van der Waals surface area contributed by atoms with Crippen LogP contribution in [-0.4, -0.2) is 28.9 Å². The monoisotopic (exact) mass is 357 g/mol. The zero-order chi connectivity index (χ0) is 18.7. The number of carbonyl (C=O) groups is 2. The normalized spacial score (nSPS) is 15.7. The Morgan fingerprint density at radius 3 is 2.62 bits per heavy atom. The number of carbonyl (C=O) groups excluding carboxylic acids is 2. The first-order valence-corrected chi connectivity index (χ1v) is 8.73. The van der Waals surface area contributed by atoms with E-state index in [1.54, 1.807) is 32.2 Å². The molecule has 1 N–H and O–H groups in total. The molecular formula is C19H23N3O4. The van der Waals surface area contributed by atoms with Gasteiger partial charge in [-0.1, -0.05) is 18.0 Å². The molecule has 3 rings (SSSR count). The minimum Gasteiger partial charge on any atom is -0.496 e. The lowest BCUT2D eigenvalue weighted by Gasteiger charge is -2.27. The molecular weight excluding hydrogens is 334 g/mol. The van der Waals surface area contributed by atoms with Gasteiger partial charge in [-0.05, 0) is 38.0 Å². The lowest BCUT2D eigenvalue weighted by molar-refractivity contribution is -0.122. The molecule has 1 fully saturated rings. The van der Waals surface area contributed by atoms with Crippen LogP contribution in [0.2, 0.25) is 0 Å². The Morgan fingerprint density at radius 1 is 1.31 bits per heavy atom. The van der Waals surface area contributed by atoms with Crippen molar-refractivity contribution < 1.29 is 18.8 Å². The molecule has 0 unspecified atom stereocenters. The van der Waals surface area contributed by atoms with Crippen molar-refractivity contribution in [1.82, 2.24) is 15.5 Å². The van der Waals surface area contributed by atoms with Gasteiger partial charge >= 0.3 is 0 Å². The van der Waals surface area contributed by atoms with Gasteiger partial charge in [0.2, 0.25) is 11.8 Å². The van der Waals surface area contributed by atoms with Crippen LogP contribution in [-0.2, 0) is 16.8 Å². The summed E-state index contributed by atoms with van der Waals surface area (Å²) in [7, 11) is 1.55. The van der Waals surface area contributed by atoms with Crippen LogP contribution in [0.5, 0.6) is 5.75 Å². The van der Waals surface area contributed by atoms with Gasteiger partial charge in [0, 0.05) is 18.1 Å². The number of amides is 1. The second kappa shape index (κ2) is 7.27. The summed E-state index contributed by atoms with van der Waals surface area (Å²) < 4.78 is 10.4. The van der Waals surface area contributed by atoms with Crippen LogP contribution in [0.15, 0.2) is 22.7 Å². The maximum atomic E-state index is 12.8. The molecule has 0 atom stereocenters. The number of aryl methyl sites for hydroxylation is 1. The van der Waals surface area contributed by atoms with Crippen LogP contribution in [0.1, 0.15) is 60.2 Å². The van der Waals surface area contributed by atoms with E-state index in [1.807, 2.05) is 0 Å². The van der Waals surface area contributed by atoms with E-state index in [9.17, 15) is 9.59 Å². The number of hydrogen-bond donors (Lipinski definition) is 1. The fraction of sp³-hybridized carbons (Fsp3) is 0.474. The molecule has 2 aromatic rings. The molecule has 1 aliphatic rings. The Morgan fingerprint density at radius 2 is 2.04 bits per heavy atom. The molecule has 0 aliphatic heterocycles. The molecule has 7 heteroatoms. The maximum absolute atomic E-state index is 12.8. The van der Waals surface area contributed by atoms with Crippen molar-refractivity contribution in [2.24, 2.45) is 0 Å². The molecule has 26 heavy (non-hydrogen) atoms. The van der Waals surface area contributed by atoms with E-state index in [1.165, 1.54) is 6.92 Å². The number of hydrogen-bond acceptors (Lipinski definition) is 6. The van der Waals surface area contributed by atoms with Gasteiger partial charge in [0.1, 0.15) is 11.3 Å². The fourth-order valence-corrected chi connectivity index (χ4v) is 3.50. The van der Waals surface area contributed by atoms with Gasteiger partial charge in [-0.2, -0.15) is 4.98 Å². The van der Waals surface area contributed by atoms with E-state index < -0.39 is 5.54 Å². The number of aromatic nitrogens is 2. The molecule has 1 aromatic heterocycles. The Labute approximate surface area is 152 Å². The van der Waals surface area contributed by atoms with E-state index in [0.717, 1.165) is 25.7 Å². The van der Waals surface area contributed by atoms with Gasteiger partial charge in [-0.25, -0.2) is 0 Å². The SMILES string of the molecule is COc1ccc(C(C)=O)cc1CC(=O)NC1(c2noc(C)n2)CCCC1. The van der Waals surface area contributed by atoms with E-state index in [-0.39, 0.29) is 18.1 Å². The van der Waals surface area contributed by atoms with E-state index in [0.29, 0.717) is 28.6 Å². The zero-order valence-corrected chi connectivity index (χ0v) is 15.3. The summed E-state index contributed by atoms with van der Waals surface area (Å²) in [4.78, 5) is 28.7. The third-order valence-corrected chi connectivity index (χ3v) is 4.83. The highest BCUT2D eigenvalue weighted by Gasteiger charge is 2.41. The van der Waals surface area contributed by atoms with Crippen molar-refractivity contribution in [3.05, 3.63) is 41.0 Å². The molecule has 0 saturated heterocycles. The van der Waals surface area contributed by atoms with Crippen molar-refractivity contribution in [3.8, 4) is 5.75 Å². The Hall–Kier alpha value is -2.70. The predicted molar refractivity (Wildman–Crippen MR) is 94.0 cm³/mol.